The zero-order chi connectivity index (χ0) is 19.2. The van der Waals surface area contributed by atoms with Gasteiger partial charge in [0.1, 0.15) is 0 Å². The molecule has 0 bridgehead atoms. The lowest BCUT2D eigenvalue weighted by molar-refractivity contribution is 0.0932. The minimum absolute atomic E-state index is 0.190. The lowest BCUT2D eigenvalue weighted by atomic mass is 10.1. The van der Waals surface area contributed by atoms with E-state index >= 15 is 0 Å². The SMILES string of the molecule is COCCCNC(=O)c1nc(C(=O)N(C)c2ccccc2)c2n1CCCC2. The van der Waals surface area contributed by atoms with Gasteiger partial charge in [0, 0.05) is 39.5 Å². The average molecular weight is 370 g/mol. The molecule has 0 radical (unpaired) electrons. The molecule has 0 unspecified atom stereocenters. The Labute approximate surface area is 159 Å². The third kappa shape index (κ3) is 4.19. The van der Waals surface area contributed by atoms with Crippen LogP contribution in [0.3, 0.4) is 0 Å². The van der Waals surface area contributed by atoms with Gasteiger partial charge in [-0.25, -0.2) is 4.98 Å². The first-order valence-corrected chi connectivity index (χ1v) is 9.33. The monoisotopic (exact) mass is 370 g/mol. The Balaban J connectivity index is 1.84. The molecule has 1 aliphatic heterocycles. The van der Waals surface area contributed by atoms with E-state index in [1.807, 2.05) is 34.9 Å². The van der Waals surface area contributed by atoms with E-state index in [2.05, 4.69) is 10.3 Å². The zero-order valence-electron chi connectivity index (χ0n) is 15.9. The summed E-state index contributed by atoms with van der Waals surface area (Å²) >= 11 is 0. The van der Waals surface area contributed by atoms with E-state index in [4.69, 9.17) is 4.74 Å². The largest absolute Gasteiger partial charge is 0.385 e. The third-order valence-electron chi connectivity index (χ3n) is 4.78. The van der Waals surface area contributed by atoms with Crippen molar-refractivity contribution in [1.82, 2.24) is 14.9 Å². The van der Waals surface area contributed by atoms with Gasteiger partial charge in [-0.1, -0.05) is 18.2 Å². The molecule has 0 aliphatic carbocycles. The molecule has 0 saturated heterocycles. The van der Waals surface area contributed by atoms with E-state index in [0.717, 1.165) is 37.1 Å². The highest BCUT2D eigenvalue weighted by atomic mass is 16.5. The molecular formula is C20H26N4O3. The quantitative estimate of drug-likeness (QED) is 0.759. The molecule has 2 amide bonds. The van der Waals surface area contributed by atoms with Crippen LogP contribution in [0.2, 0.25) is 0 Å². The van der Waals surface area contributed by atoms with Crippen LogP contribution in [-0.2, 0) is 17.7 Å². The fourth-order valence-corrected chi connectivity index (χ4v) is 3.31. The van der Waals surface area contributed by atoms with Crippen molar-refractivity contribution >= 4 is 17.5 Å². The fourth-order valence-electron chi connectivity index (χ4n) is 3.31. The summed E-state index contributed by atoms with van der Waals surface area (Å²) < 4.78 is 6.91. The maximum atomic E-state index is 13.1. The number of methoxy groups -OCH3 is 1. The first-order chi connectivity index (χ1) is 13.1. The van der Waals surface area contributed by atoms with E-state index in [0.29, 0.717) is 31.2 Å². The smallest absolute Gasteiger partial charge is 0.287 e. The van der Waals surface area contributed by atoms with Gasteiger partial charge >= 0.3 is 0 Å². The number of amides is 2. The second-order valence-corrected chi connectivity index (χ2v) is 6.64. The molecule has 0 saturated carbocycles. The number of carbonyl (C=O) groups excluding carboxylic acids is 2. The molecule has 144 valence electrons. The number of nitrogens with one attached hydrogen (secondary N) is 1. The van der Waals surface area contributed by atoms with E-state index in [9.17, 15) is 9.59 Å². The van der Waals surface area contributed by atoms with Crippen molar-refractivity contribution in [2.45, 2.75) is 32.2 Å². The number of fused-ring (bicyclic) bond motifs is 1. The molecule has 1 aliphatic rings. The molecule has 1 aromatic carbocycles. The van der Waals surface area contributed by atoms with Crippen LogP contribution in [0, 0.1) is 0 Å². The van der Waals surface area contributed by atoms with Crippen molar-refractivity contribution in [3.8, 4) is 0 Å². The highest BCUT2D eigenvalue weighted by molar-refractivity contribution is 6.06. The number of carbonyl (C=O) groups is 2. The van der Waals surface area contributed by atoms with Crippen molar-refractivity contribution in [3.63, 3.8) is 0 Å². The summed E-state index contributed by atoms with van der Waals surface area (Å²) in [4.78, 5) is 31.7. The van der Waals surface area contributed by atoms with Gasteiger partial charge in [-0.15, -0.1) is 0 Å². The summed E-state index contributed by atoms with van der Waals surface area (Å²) in [5, 5.41) is 2.87. The van der Waals surface area contributed by atoms with Gasteiger partial charge in [0.15, 0.2) is 11.5 Å². The van der Waals surface area contributed by atoms with Gasteiger partial charge in [-0.05, 0) is 37.8 Å². The minimum atomic E-state index is -0.240. The van der Waals surface area contributed by atoms with E-state index in [-0.39, 0.29) is 11.8 Å². The number of aromatic nitrogens is 2. The Morgan fingerprint density at radius 1 is 1.26 bits per heavy atom. The van der Waals surface area contributed by atoms with Crippen LogP contribution in [-0.4, -0.2) is 48.7 Å². The Morgan fingerprint density at radius 2 is 2.04 bits per heavy atom. The highest BCUT2D eigenvalue weighted by Crippen LogP contribution is 2.23. The van der Waals surface area contributed by atoms with E-state index < -0.39 is 0 Å². The molecule has 0 atom stereocenters. The number of hydrogen-bond donors (Lipinski definition) is 1. The second-order valence-electron chi connectivity index (χ2n) is 6.64. The molecule has 3 rings (SSSR count). The lowest BCUT2D eigenvalue weighted by Crippen LogP contribution is -2.29. The molecule has 1 aromatic heterocycles. The van der Waals surface area contributed by atoms with Crippen LogP contribution in [0.4, 0.5) is 5.69 Å². The number of para-hydroxylation sites is 1. The Hall–Kier alpha value is -2.67. The van der Waals surface area contributed by atoms with Crippen molar-refractivity contribution in [1.29, 1.82) is 0 Å². The summed E-state index contributed by atoms with van der Waals surface area (Å²) in [6, 6.07) is 9.45. The van der Waals surface area contributed by atoms with Gasteiger partial charge in [0.2, 0.25) is 0 Å². The molecule has 0 spiro atoms. The van der Waals surface area contributed by atoms with E-state index in [1.165, 1.54) is 0 Å². The maximum Gasteiger partial charge on any atom is 0.287 e. The molecule has 7 heteroatoms. The number of imidazole rings is 1. The predicted octanol–water partition coefficient (Wildman–Crippen LogP) is 2.26. The third-order valence-corrected chi connectivity index (χ3v) is 4.78. The molecule has 2 heterocycles. The summed E-state index contributed by atoms with van der Waals surface area (Å²) in [6.45, 7) is 1.82. The average Bonchev–Trinajstić information content (AvgIpc) is 3.10. The molecule has 2 aromatic rings. The number of rotatable bonds is 7. The van der Waals surface area contributed by atoms with Gasteiger partial charge < -0.3 is 19.5 Å². The summed E-state index contributed by atoms with van der Waals surface area (Å²) in [5.41, 5.74) is 2.03. The van der Waals surface area contributed by atoms with Gasteiger partial charge in [0.05, 0.1) is 5.69 Å². The van der Waals surface area contributed by atoms with Crippen LogP contribution in [0.25, 0.3) is 0 Å². The topological polar surface area (TPSA) is 76.5 Å². The Morgan fingerprint density at radius 3 is 2.78 bits per heavy atom. The fraction of sp³-hybridized carbons (Fsp3) is 0.450. The molecule has 1 N–H and O–H groups in total. The molecule has 27 heavy (non-hydrogen) atoms. The predicted molar refractivity (Wildman–Crippen MR) is 103 cm³/mol. The number of benzene rings is 1. The summed E-state index contributed by atoms with van der Waals surface area (Å²) in [7, 11) is 3.37. The molecular weight excluding hydrogens is 344 g/mol. The summed E-state index contributed by atoms with van der Waals surface area (Å²) in [6.07, 6.45) is 3.47. The van der Waals surface area contributed by atoms with E-state index in [1.54, 1.807) is 19.1 Å². The van der Waals surface area contributed by atoms with Gasteiger partial charge in [-0.3, -0.25) is 9.59 Å². The van der Waals surface area contributed by atoms with Crippen molar-refractivity contribution in [2.75, 3.05) is 32.2 Å². The zero-order valence-corrected chi connectivity index (χ0v) is 15.9. The first-order valence-electron chi connectivity index (χ1n) is 9.33. The van der Waals surface area contributed by atoms with Crippen LogP contribution < -0.4 is 10.2 Å². The number of anilines is 1. The van der Waals surface area contributed by atoms with Crippen molar-refractivity contribution < 1.29 is 14.3 Å². The van der Waals surface area contributed by atoms with Crippen LogP contribution >= 0.6 is 0 Å². The second kappa shape index (κ2) is 8.81. The Kier molecular flexibility index (Phi) is 6.24. The summed E-state index contributed by atoms with van der Waals surface area (Å²) in [5.74, 6) is -0.104. The normalized spacial score (nSPS) is 13.1. The maximum absolute atomic E-state index is 13.1. The van der Waals surface area contributed by atoms with Crippen LogP contribution in [0.5, 0.6) is 0 Å². The lowest BCUT2D eigenvalue weighted by Gasteiger charge is -2.19. The highest BCUT2D eigenvalue weighted by Gasteiger charge is 2.29. The number of hydrogen-bond acceptors (Lipinski definition) is 4. The first kappa shape index (κ1) is 19.1. The minimum Gasteiger partial charge on any atom is -0.385 e. The number of ether oxygens (including phenoxy) is 1. The Bertz CT molecular complexity index is 801. The standard InChI is InChI=1S/C20H26N4O3/c1-23(15-9-4-3-5-10-15)20(26)17-16-11-6-7-13-24(16)18(22-17)19(25)21-12-8-14-27-2/h3-5,9-10H,6-8,11-14H2,1-2H3,(H,21,25). The van der Waals surface area contributed by atoms with Gasteiger partial charge in [-0.2, -0.15) is 0 Å². The van der Waals surface area contributed by atoms with Gasteiger partial charge in [0.25, 0.3) is 11.8 Å². The van der Waals surface area contributed by atoms with Crippen LogP contribution in [0.15, 0.2) is 30.3 Å². The number of nitrogens with zero attached hydrogens (tertiary/aromatic N) is 3. The molecule has 7 nitrogen and oxygen atoms in total. The van der Waals surface area contributed by atoms with Crippen molar-refractivity contribution in [3.05, 3.63) is 47.5 Å². The molecule has 0 fully saturated rings. The van der Waals surface area contributed by atoms with Crippen LogP contribution in [0.1, 0.15) is 46.1 Å². The van der Waals surface area contributed by atoms with Crippen molar-refractivity contribution in [2.24, 2.45) is 0 Å².